The van der Waals surface area contributed by atoms with Crippen molar-refractivity contribution in [1.29, 1.82) is 0 Å². The van der Waals surface area contributed by atoms with Gasteiger partial charge in [-0.3, -0.25) is 29.4 Å². The molecule has 0 unspecified atom stereocenters. The fourth-order valence-corrected chi connectivity index (χ4v) is 4.26. The number of piperazine rings is 1. The van der Waals surface area contributed by atoms with Crippen molar-refractivity contribution < 1.29 is 19.3 Å². The minimum Gasteiger partial charge on any atom is -0.368 e. The number of rotatable bonds is 4. The first-order valence-corrected chi connectivity index (χ1v) is 9.73. The molecule has 9 heteroatoms. The Bertz CT molecular complexity index is 847. The molecule has 0 radical (unpaired) electrons. The molecule has 1 aromatic rings. The van der Waals surface area contributed by atoms with Crippen LogP contribution in [0.3, 0.4) is 0 Å². The normalized spacial score (nSPS) is 24.1. The Kier molecular flexibility index (Phi) is 5.04. The molecule has 0 aromatic heterocycles. The summed E-state index contributed by atoms with van der Waals surface area (Å²) in [6.45, 7) is 1.92. The molecule has 2 atom stereocenters. The zero-order chi connectivity index (χ0) is 20.5. The number of nitro benzene ring substituents is 1. The second kappa shape index (κ2) is 7.65. The molecule has 2 fully saturated rings. The van der Waals surface area contributed by atoms with Gasteiger partial charge in [0.05, 0.1) is 16.8 Å². The number of hydrogen-bond acceptors (Lipinski definition) is 6. The quantitative estimate of drug-likeness (QED) is 0.327. The van der Waals surface area contributed by atoms with Crippen LogP contribution in [0.4, 0.5) is 11.4 Å². The van der Waals surface area contributed by atoms with E-state index in [-0.39, 0.29) is 41.8 Å². The van der Waals surface area contributed by atoms with Gasteiger partial charge < -0.3 is 9.80 Å². The van der Waals surface area contributed by atoms with Crippen molar-refractivity contribution in [3.63, 3.8) is 0 Å². The molecular formula is C20H22N4O5. The van der Waals surface area contributed by atoms with Crippen molar-refractivity contribution in [3.8, 4) is 0 Å². The van der Waals surface area contributed by atoms with Gasteiger partial charge in [0.2, 0.25) is 17.7 Å². The molecule has 29 heavy (non-hydrogen) atoms. The predicted octanol–water partition coefficient (Wildman–Crippen LogP) is 1.19. The van der Waals surface area contributed by atoms with Crippen LogP contribution in [-0.2, 0) is 14.4 Å². The van der Waals surface area contributed by atoms with E-state index < -0.39 is 4.92 Å². The molecular weight excluding hydrogens is 376 g/mol. The van der Waals surface area contributed by atoms with Crippen molar-refractivity contribution in [1.82, 2.24) is 9.80 Å². The van der Waals surface area contributed by atoms with E-state index in [0.29, 0.717) is 39.0 Å². The van der Waals surface area contributed by atoms with E-state index in [0.717, 1.165) is 10.6 Å². The molecule has 9 nitrogen and oxygen atoms in total. The monoisotopic (exact) mass is 398 g/mol. The largest absolute Gasteiger partial charge is 0.368 e. The van der Waals surface area contributed by atoms with Crippen LogP contribution < -0.4 is 4.90 Å². The lowest BCUT2D eigenvalue weighted by atomic mass is 9.85. The fourth-order valence-electron chi connectivity index (χ4n) is 4.26. The summed E-state index contributed by atoms with van der Waals surface area (Å²) in [5.74, 6) is -1.33. The summed E-state index contributed by atoms with van der Waals surface area (Å²) in [5.41, 5.74) is 0.905. The van der Waals surface area contributed by atoms with Gasteiger partial charge in [-0.2, -0.15) is 0 Å². The highest BCUT2D eigenvalue weighted by Gasteiger charge is 2.48. The van der Waals surface area contributed by atoms with E-state index in [4.69, 9.17) is 0 Å². The Labute approximate surface area is 167 Å². The van der Waals surface area contributed by atoms with E-state index in [1.807, 2.05) is 12.2 Å². The maximum absolute atomic E-state index is 12.7. The summed E-state index contributed by atoms with van der Waals surface area (Å²) in [6, 6.07) is 6.33. The minimum absolute atomic E-state index is 0.0401. The van der Waals surface area contributed by atoms with Gasteiger partial charge in [0, 0.05) is 44.0 Å². The van der Waals surface area contributed by atoms with Crippen molar-refractivity contribution in [2.24, 2.45) is 11.8 Å². The molecule has 3 aliphatic rings. The van der Waals surface area contributed by atoms with E-state index in [1.54, 1.807) is 17.0 Å². The van der Waals surface area contributed by atoms with Crippen molar-refractivity contribution >= 4 is 29.1 Å². The number of allylic oxidation sites excluding steroid dienone is 2. The Morgan fingerprint density at radius 1 is 0.966 bits per heavy atom. The van der Waals surface area contributed by atoms with Crippen LogP contribution >= 0.6 is 0 Å². The van der Waals surface area contributed by atoms with Crippen LogP contribution in [0.2, 0.25) is 0 Å². The lowest BCUT2D eigenvalue weighted by molar-refractivity contribution is -0.384. The molecule has 0 saturated carbocycles. The highest BCUT2D eigenvalue weighted by atomic mass is 16.6. The van der Waals surface area contributed by atoms with Gasteiger partial charge in [-0.15, -0.1) is 0 Å². The summed E-state index contributed by atoms with van der Waals surface area (Å²) in [5, 5.41) is 10.8. The highest BCUT2D eigenvalue weighted by Crippen LogP contribution is 2.35. The smallest absolute Gasteiger partial charge is 0.269 e. The van der Waals surface area contributed by atoms with Crippen LogP contribution in [0.5, 0.6) is 0 Å². The van der Waals surface area contributed by atoms with Crippen LogP contribution in [0, 0.1) is 22.0 Å². The predicted molar refractivity (Wildman–Crippen MR) is 104 cm³/mol. The average molecular weight is 398 g/mol. The first kappa shape index (κ1) is 19.1. The minimum atomic E-state index is -0.437. The van der Waals surface area contributed by atoms with Crippen LogP contribution in [0.15, 0.2) is 36.4 Å². The number of nitrogens with zero attached hydrogens (tertiary/aromatic N) is 4. The van der Waals surface area contributed by atoms with Crippen molar-refractivity contribution in [2.75, 3.05) is 37.6 Å². The Hall–Kier alpha value is -3.23. The van der Waals surface area contributed by atoms with E-state index >= 15 is 0 Å². The molecule has 152 valence electrons. The Morgan fingerprint density at radius 2 is 1.52 bits per heavy atom. The molecule has 2 aliphatic heterocycles. The van der Waals surface area contributed by atoms with E-state index in [9.17, 15) is 24.5 Å². The topological polar surface area (TPSA) is 104 Å². The van der Waals surface area contributed by atoms with Crippen molar-refractivity contribution in [2.45, 2.75) is 12.8 Å². The first-order valence-electron chi connectivity index (χ1n) is 9.73. The SMILES string of the molecule is O=C(CN1C(=O)[C@H]2CC=CC[C@@H]2C1=O)N1CCN(c2ccc([N+](=O)[O-])cc2)CC1. The summed E-state index contributed by atoms with van der Waals surface area (Å²) >= 11 is 0. The third kappa shape index (κ3) is 3.59. The summed E-state index contributed by atoms with van der Waals surface area (Å²) in [7, 11) is 0. The van der Waals surface area contributed by atoms with Gasteiger partial charge in [0.15, 0.2) is 0 Å². The fraction of sp³-hybridized carbons (Fsp3) is 0.450. The first-order chi connectivity index (χ1) is 14.0. The molecule has 0 N–H and O–H groups in total. The molecule has 1 aromatic carbocycles. The highest BCUT2D eigenvalue weighted by molar-refractivity contribution is 6.07. The van der Waals surface area contributed by atoms with E-state index in [1.165, 1.54) is 12.1 Å². The lowest BCUT2D eigenvalue weighted by Gasteiger charge is -2.36. The molecule has 2 heterocycles. The molecule has 0 bridgehead atoms. The summed E-state index contributed by atoms with van der Waals surface area (Å²) < 4.78 is 0. The maximum Gasteiger partial charge on any atom is 0.269 e. The molecule has 4 rings (SSSR count). The van der Waals surface area contributed by atoms with Gasteiger partial charge in [-0.05, 0) is 25.0 Å². The number of benzene rings is 1. The molecule has 2 saturated heterocycles. The molecule has 3 amide bonds. The maximum atomic E-state index is 12.7. The zero-order valence-corrected chi connectivity index (χ0v) is 15.9. The number of imide groups is 1. The lowest BCUT2D eigenvalue weighted by Crippen LogP contribution is -2.52. The number of non-ortho nitro benzene ring substituents is 1. The third-order valence-electron chi connectivity index (χ3n) is 5.95. The van der Waals surface area contributed by atoms with Crippen molar-refractivity contribution in [3.05, 3.63) is 46.5 Å². The van der Waals surface area contributed by atoms with Gasteiger partial charge >= 0.3 is 0 Å². The Balaban J connectivity index is 1.33. The number of carbonyl (C=O) groups is 3. The van der Waals surface area contributed by atoms with Crippen LogP contribution in [0.25, 0.3) is 0 Å². The van der Waals surface area contributed by atoms with Gasteiger partial charge in [-0.1, -0.05) is 12.2 Å². The summed E-state index contributed by atoms with van der Waals surface area (Å²) in [4.78, 5) is 52.9. The summed E-state index contributed by atoms with van der Waals surface area (Å²) in [6.07, 6.45) is 4.98. The number of hydrogen-bond donors (Lipinski definition) is 0. The van der Waals surface area contributed by atoms with Gasteiger partial charge in [0.25, 0.3) is 5.69 Å². The molecule has 0 spiro atoms. The second-order valence-electron chi connectivity index (χ2n) is 7.56. The average Bonchev–Trinajstić information content (AvgIpc) is 2.99. The van der Waals surface area contributed by atoms with Gasteiger partial charge in [0.1, 0.15) is 6.54 Å². The second-order valence-corrected chi connectivity index (χ2v) is 7.56. The standard InChI is InChI=1S/C20H22N4O5/c25-18(13-23-19(26)16-3-1-2-4-17(16)20(23)27)22-11-9-21(10-12-22)14-5-7-15(8-6-14)24(28)29/h1-2,5-8,16-17H,3-4,9-13H2/t16-,17-/m0/s1. The number of carbonyl (C=O) groups excluding carboxylic acids is 3. The zero-order valence-electron chi connectivity index (χ0n) is 15.9. The number of anilines is 1. The number of nitro groups is 1. The molecule has 1 aliphatic carbocycles. The number of fused-ring (bicyclic) bond motifs is 1. The number of likely N-dealkylation sites (tertiary alicyclic amines) is 1. The Morgan fingerprint density at radius 3 is 2.03 bits per heavy atom. The number of amides is 3. The van der Waals surface area contributed by atoms with Crippen LogP contribution in [0.1, 0.15) is 12.8 Å². The van der Waals surface area contributed by atoms with Gasteiger partial charge in [-0.25, -0.2) is 0 Å². The third-order valence-corrected chi connectivity index (χ3v) is 5.95. The van der Waals surface area contributed by atoms with Crippen LogP contribution in [-0.4, -0.2) is 65.2 Å². The van der Waals surface area contributed by atoms with E-state index in [2.05, 4.69) is 4.90 Å².